The van der Waals surface area contributed by atoms with Crippen molar-refractivity contribution in [2.75, 3.05) is 33.7 Å². The van der Waals surface area contributed by atoms with Gasteiger partial charge >= 0.3 is 0 Å². The average molecular weight is 412 g/mol. The van der Waals surface area contributed by atoms with Crippen LogP contribution < -0.4 is 5.32 Å². The van der Waals surface area contributed by atoms with Crippen molar-refractivity contribution < 1.29 is 17.6 Å². The predicted octanol–water partition coefficient (Wildman–Crippen LogP) is 2.27. The number of rotatable bonds is 6. The van der Waals surface area contributed by atoms with Gasteiger partial charge in [0.25, 0.3) is 10.2 Å². The SMILES string of the molecule is CN(C)S(=O)(=O)N1CCC(C(=O)NCC2(c3ccc(F)cc3)CCCC2)CC1. The first-order valence-electron chi connectivity index (χ1n) is 9.96. The summed E-state index contributed by atoms with van der Waals surface area (Å²) >= 11 is 0. The Morgan fingerprint density at radius 3 is 2.29 bits per heavy atom. The van der Waals surface area contributed by atoms with Gasteiger partial charge in [-0.15, -0.1) is 0 Å². The van der Waals surface area contributed by atoms with E-state index in [1.165, 1.54) is 34.8 Å². The smallest absolute Gasteiger partial charge is 0.281 e. The number of carbonyl (C=O) groups is 1. The van der Waals surface area contributed by atoms with Crippen LogP contribution in [-0.2, 0) is 20.4 Å². The van der Waals surface area contributed by atoms with E-state index in [1.54, 1.807) is 0 Å². The molecule has 0 spiro atoms. The lowest BCUT2D eigenvalue weighted by Gasteiger charge is -2.34. The molecule has 0 aromatic heterocycles. The Morgan fingerprint density at radius 1 is 1.18 bits per heavy atom. The highest BCUT2D eigenvalue weighted by molar-refractivity contribution is 7.86. The Labute approximate surface area is 167 Å². The van der Waals surface area contributed by atoms with Gasteiger partial charge < -0.3 is 5.32 Å². The van der Waals surface area contributed by atoms with E-state index in [1.807, 2.05) is 12.1 Å². The molecule has 2 aliphatic rings. The molecule has 1 aliphatic heterocycles. The van der Waals surface area contributed by atoms with Crippen LogP contribution in [0.5, 0.6) is 0 Å². The number of hydrogen-bond donors (Lipinski definition) is 1. The van der Waals surface area contributed by atoms with Crippen LogP contribution in [-0.4, -0.2) is 56.7 Å². The predicted molar refractivity (Wildman–Crippen MR) is 106 cm³/mol. The number of piperidine rings is 1. The average Bonchev–Trinajstić information content (AvgIpc) is 3.16. The van der Waals surface area contributed by atoms with Crippen molar-refractivity contribution in [2.45, 2.75) is 43.9 Å². The summed E-state index contributed by atoms with van der Waals surface area (Å²) in [4.78, 5) is 12.7. The molecule has 1 amide bonds. The maximum Gasteiger partial charge on any atom is 0.281 e. The van der Waals surface area contributed by atoms with Gasteiger partial charge in [0, 0.05) is 45.1 Å². The van der Waals surface area contributed by atoms with Crippen LogP contribution in [0, 0.1) is 11.7 Å². The molecule has 0 radical (unpaired) electrons. The third kappa shape index (κ3) is 4.39. The van der Waals surface area contributed by atoms with E-state index in [4.69, 9.17) is 0 Å². The largest absolute Gasteiger partial charge is 0.355 e. The first-order chi connectivity index (χ1) is 13.2. The molecule has 1 saturated heterocycles. The molecule has 2 fully saturated rings. The van der Waals surface area contributed by atoms with Crippen LogP contribution in [0.25, 0.3) is 0 Å². The highest BCUT2D eigenvalue weighted by atomic mass is 32.2. The molecule has 6 nitrogen and oxygen atoms in total. The van der Waals surface area contributed by atoms with Crippen molar-refractivity contribution in [3.63, 3.8) is 0 Å². The second-order valence-corrected chi connectivity index (χ2v) is 10.3. The van der Waals surface area contributed by atoms with E-state index >= 15 is 0 Å². The van der Waals surface area contributed by atoms with E-state index in [0.29, 0.717) is 32.5 Å². The lowest BCUT2D eigenvalue weighted by Crippen LogP contribution is -2.48. The lowest BCUT2D eigenvalue weighted by atomic mass is 9.78. The zero-order valence-corrected chi connectivity index (χ0v) is 17.5. The van der Waals surface area contributed by atoms with Gasteiger partial charge in [-0.05, 0) is 43.4 Å². The summed E-state index contributed by atoms with van der Waals surface area (Å²) in [6.07, 6.45) is 5.24. The van der Waals surface area contributed by atoms with E-state index in [0.717, 1.165) is 31.2 Å². The summed E-state index contributed by atoms with van der Waals surface area (Å²) in [5.74, 6) is -0.420. The Morgan fingerprint density at radius 2 is 1.75 bits per heavy atom. The summed E-state index contributed by atoms with van der Waals surface area (Å²) in [6, 6.07) is 6.63. The number of benzene rings is 1. The van der Waals surface area contributed by atoms with Crippen molar-refractivity contribution in [3.8, 4) is 0 Å². The third-order valence-electron chi connectivity index (χ3n) is 6.23. The molecule has 156 valence electrons. The van der Waals surface area contributed by atoms with Crippen LogP contribution in [0.15, 0.2) is 24.3 Å². The minimum Gasteiger partial charge on any atom is -0.355 e. The van der Waals surface area contributed by atoms with Crippen LogP contribution in [0.3, 0.4) is 0 Å². The minimum atomic E-state index is -3.42. The molecule has 1 saturated carbocycles. The molecule has 0 unspecified atom stereocenters. The monoisotopic (exact) mass is 411 g/mol. The van der Waals surface area contributed by atoms with E-state index in [2.05, 4.69) is 5.32 Å². The number of halogens is 1. The summed E-state index contributed by atoms with van der Waals surface area (Å²) in [7, 11) is -0.383. The third-order valence-corrected chi connectivity index (χ3v) is 8.17. The highest BCUT2D eigenvalue weighted by Gasteiger charge is 2.37. The Balaban J connectivity index is 1.58. The van der Waals surface area contributed by atoms with Gasteiger partial charge in [0.15, 0.2) is 0 Å². The second-order valence-electron chi connectivity index (χ2n) is 8.18. The van der Waals surface area contributed by atoms with Gasteiger partial charge in [-0.2, -0.15) is 17.0 Å². The zero-order valence-electron chi connectivity index (χ0n) is 16.7. The molecule has 0 bridgehead atoms. The Kier molecular flexibility index (Phi) is 6.41. The molecule has 3 rings (SSSR count). The summed E-state index contributed by atoms with van der Waals surface area (Å²) in [5, 5.41) is 3.11. The van der Waals surface area contributed by atoms with Gasteiger partial charge in [-0.25, -0.2) is 4.39 Å². The molecule has 1 aromatic carbocycles. The molecular weight excluding hydrogens is 381 g/mol. The van der Waals surface area contributed by atoms with E-state index < -0.39 is 10.2 Å². The van der Waals surface area contributed by atoms with Gasteiger partial charge in [0.05, 0.1) is 0 Å². The molecule has 1 aromatic rings. The number of nitrogens with zero attached hydrogens (tertiary/aromatic N) is 2. The number of hydrogen-bond acceptors (Lipinski definition) is 3. The maximum absolute atomic E-state index is 13.3. The molecule has 0 atom stereocenters. The zero-order chi connectivity index (χ0) is 20.4. The van der Waals surface area contributed by atoms with Gasteiger partial charge in [-0.1, -0.05) is 25.0 Å². The lowest BCUT2D eigenvalue weighted by molar-refractivity contribution is -0.126. The van der Waals surface area contributed by atoms with Crippen LogP contribution >= 0.6 is 0 Å². The first-order valence-corrected chi connectivity index (χ1v) is 11.4. The second kappa shape index (κ2) is 8.47. The van der Waals surface area contributed by atoms with E-state index in [9.17, 15) is 17.6 Å². The van der Waals surface area contributed by atoms with Gasteiger partial charge in [0.2, 0.25) is 5.91 Å². The van der Waals surface area contributed by atoms with Crippen molar-refractivity contribution >= 4 is 16.1 Å². The number of nitrogens with one attached hydrogen (secondary N) is 1. The standard InChI is InChI=1S/C20H30FN3O3S/c1-23(2)28(26,27)24-13-9-16(10-14-24)19(25)22-15-20(11-3-4-12-20)17-5-7-18(21)8-6-17/h5-8,16H,3-4,9-15H2,1-2H3,(H,22,25). The molecule has 8 heteroatoms. The van der Waals surface area contributed by atoms with Crippen molar-refractivity contribution in [1.29, 1.82) is 0 Å². The normalized spacial score (nSPS) is 21.1. The fourth-order valence-corrected chi connectivity index (χ4v) is 5.54. The highest BCUT2D eigenvalue weighted by Crippen LogP contribution is 2.40. The number of carbonyl (C=O) groups excluding carboxylic acids is 1. The number of amides is 1. The molecule has 1 heterocycles. The fraction of sp³-hybridized carbons (Fsp3) is 0.650. The van der Waals surface area contributed by atoms with Crippen molar-refractivity contribution in [2.24, 2.45) is 5.92 Å². The van der Waals surface area contributed by atoms with Crippen LogP contribution in [0.1, 0.15) is 44.1 Å². The fourth-order valence-electron chi connectivity index (χ4n) is 4.40. The molecule has 1 N–H and O–H groups in total. The quantitative estimate of drug-likeness (QED) is 0.781. The topological polar surface area (TPSA) is 69.7 Å². The summed E-state index contributed by atoms with van der Waals surface area (Å²) in [5.41, 5.74) is 0.955. The minimum absolute atomic E-state index is 0.00436. The molecular formula is C20H30FN3O3S. The van der Waals surface area contributed by atoms with Gasteiger partial charge in [-0.3, -0.25) is 4.79 Å². The summed E-state index contributed by atoms with van der Waals surface area (Å²) < 4.78 is 40.4. The van der Waals surface area contributed by atoms with Crippen LogP contribution in [0.2, 0.25) is 0 Å². The maximum atomic E-state index is 13.3. The molecule has 1 aliphatic carbocycles. The summed E-state index contributed by atoms with van der Waals surface area (Å²) in [6.45, 7) is 1.27. The molecule has 28 heavy (non-hydrogen) atoms. The van der Waals surface area contributed by atoms with E-state index in [-0.39, 0.29) is 23.1 Å². The van der Waals surface area contributed by atoms with Crippen molar-refractivity contribution in [1.82, 2.24) is 13.9 Å². The van der Waals surface area contributed by atoms with Gasteiger partial charge in [0.1, 0.15) is 5.82 Å². The van der Waals surface area contributed by atoms with Crippen molar-refractivity contribution in [3.05, 3.63) is 35.6 Å². The van der Waals surface area contributed by atoms with Crippen LogP contribution in [0.4, 0.5) is 4.39 Å². The Bertz CT molecular complexity index is 781. The first kappa shape index (κ1) is 21.2. The Hall–Kier alpha value is -1.51.